The third-order valence-electron chi connectivity index (χ3n) is 5.13. The summed E-state index contributed by atoms with van der Waals surface area (Å²) in [5.74, 6) is 1.62. The zero-order chi connectivity index (χ0) is 21.0. The molecular weight excluding hydrogens is 394 g/mol. The average Bonchev–Trinajstić information content (AvgIpc) is 2.73. The van der Waals surface area contributed by atoms with E-state index in [-0.39, 0.29) is 21.9 Å². The van der Waals surface area contributed by atoms with Crippen LogP contribution in [0, 0.1) is 10.1 Å². The van der Waals surface area contributed by atoms with Gasteiger partial charge < -0.3 is 4.90 Å². The van der Waals surface area contributed by atoms with Gasteiger partial charge in [-0.1, -0.05) is 0 Å². The molecule has 156 valence electrons. The highest BCUT2D eigenvalue weighted by atomic mass is 32.2. The maximum atomic E-state index is 12.1. The van der Waals surface area contributed by atoms with Crippen molar-refractivity contribution in [3.05, 3.63) is 61.3 Å². The van der Waals surface area contributed by atoms with Gasteiger partial charge in [0.1, 0.15) is 5.82 Å². The van der Waals surface area contributed by atoms with Gasteiger partial charge in [0, 0.05) is 63.4 Å². The van der Waals surface area contributed by atoms with Gasteiger partial charge in [-0.05, 0) is 30.9 Å². The zero-order valence-corrected chi connectivity index (χ0v) is 17.4. The number of hydrogen-bond donors (Lipinski definition) is 0. The molecule has 0 amide bonds. The fraction of sp³-hybridized carbons (Fsp3) is 0.474. The van der Waals surface area contributed by atoms with E-state index < -0.39 is 0 Å². The van der Waals surface area contributed by atoms with Crippen LogP contribution in [-0.4, -0.2) is 57.4 Å². The number of benzene rings is 1. The predicted octanol–water partition coefficient (Wildman–Crippen LogP) is 1.30. The van der Waals surface area contributed by atoms with E-state index in [2.05, 4.69) is 9.80 Å². The van der Waals surface area contributed by atoms with Gasteiger partial charge >= 0.3 is 5.69 Å². The molecule has 1 aromatic carbocycles. The summed E-state index contributed by atoms with van der Waals surface area (Å²) in [7, 11) is 3.18. The molecule has 10 heteroatoms. The lowest BCUT2D eigenvalue weighted by molar-refractivity contribution is -0.384. The molecule has 1 saturated heterocycles. The Morgan fingerprint density at radius 2 is 1.69 bits per heavy atom. The summed E-state index contributed by atoms with van der Waals surface area (Å²) in [6, 6.07) is 8.17. The van der Waals surface area contributed by atoms with E-state index in [1.54, 1.807) is 30.9 Å². The van der Waals surface area contributed by atoms with Crippen molar-refractivity contribution in [2.24, 2.45) is 14.1 Å². The number of non-ortho nitro benzene ring substituents is 1. The van der Waals surface area contributed by atoms with E-state index >= 15 is 0 Å². The first-order valence-electron chi connectivity index (χ1n) is 9.48. The van der Waals surface area contributed by atoms with E-state index in [9.17, 15) is 19.7 Å². The highest BCUT2D eigenvalue weighted by molar-refractivity contribution is 7.99. The number of nitro groups is 1. The van der Waals surface area contributed by atoms with Crippen molar-refractivity contribution in [1.29, 1.82) is 0 Å². The summed E-state index contributed by atoms with van der Waals surface area (Å²) in [6.45, 7) is 4.28. The second-order valence-electron chi connectivity index (χ2n) is 7.02. The van der Waals surface area contributed by atoms with Crippen LogP contribution in [0.2, 0.25) is 0 Å². The third kappa shape index (κ3) is 5.07. The van der Waals surface area contributed by atoms with Gasteiger partial charge in [0.15, 0.2) is 0 Å². The molecule has 0 radical (unpaired) electrons. The monoisotopic (exact) mass is 419 g/mol. The molecule has 1 aliphatic heterocycles. The van der Waals surface area contributed by atoms with Crippen molar-refractivity contribution < 1.29 is 4.92 Å². The normalized spacial score (nSPS) is 14.9. The molecule has 0 unspecified atom stereocenters. The Bertz CT molecular complexity index is 978. The predicted molar refractivity (Wildman–Crippen MR) is 114 cm³/mol. The molecule has 0 aliphatic carbocycles. The molecule has 0 bridgehead atoms. The fourth-order valence-corrected chi connectivity index (χ4v) is 4.21. The number of rotatable bonds is 7. The van der Waals surface area contributed by atoms with Crippen molar-refractivity contribution in [2.75, 3.05) is 43.4 Å². The number of anilines is 1. The lowest BCUT2D eigenvalue weighted by atomic mass is 10.3. The molecule has 0 N–H and O–H groups in total. The molecule has 0 saturated carbocycles. The van der Waals surface area contributed by atoms with Crippen molar-refractivity contribution in [1.82, 2.24) is 14.0 Å². The van der Waals surface area contributed by atoms with Gasteiger partial charge in [-0.3, -0.25) is 28.9 Å². The van der Waals surface area contributed by atoms with Crippen molar-refractivity contribution in [3.8, 4) is 0 Å². The number of nitro benzene ring substituents is 1. The highest BCUT2D eigenvalue weighted by Crippen LogP contribution is 2.22. The standard InChI is InChI=1S/C19H25N5O4S/c1-20-17(14-18(25)21(2)19(20)26)23-11-9-22(10-12-23)8-3-13-29-16-6-4-15(5-7-16)24(27)28/h4-7,14H,3,8-13H2,1-2H3. The van der Waals surface area contributed by atoms with Gasteiger partial charge in [0.2, 0.25) is 0 Å². The minimum Gasteiger partial charge on any atom is -0.355 e. The molecule has 2 heterocycles. The second kappa shape index (κ2) is 9.27. The molecule has 29 heavy (non-hydrogen) atoms. The molecule has 1 aliphatic rings. The lowest BCUT2D eigenvalue weighted by Gasteiger charge is -2.36. The SMILES string of the molecule is Cn1c(N2CCN(CCCSc3ccc([N+](=O)[O-])cc3)CC2)cc(=O)n(C)c1=O. The summed E-state index contributed by atoms with van der Waals surface area (Å²) < 4.78 is 2.64. The number of aromatic nitrogens is 2. The van der Waals surface area contributed by atoms with Crippen LogP contribution in [0.4, 0.5) is 11.5 Å². The number of nitrogens with zero attached hydrogens (tertiary/aromatic N) is 5. The van der Waals surface area contributed by atoms with Crippen LogP contribution >= 0.6 is 11.8 Å². The fourth-order valence-electron chi connectivity index (χ4n) is 3.37. The van der Waals surface area contributed by atoms with E-state index in [4.69, 9.17) is 0 Å². The first-order valence-corrected chi connectivity index (χ1v) is 10.5. The van der Waals surface area contributed by atoms with E-state index in [1.165, 1.54) is 29.8 Å². The van der Waals surface area contributed by atoms with Gasteiger partial charge in [-0.2, -0.15) is 0 Å². The first-order chi connectivity index (χ1) is 13.9. The Morgan fingerprint density at radius 1 is 1.03 bits per heavy atom. The average molecular weight is 420 g/mol. The molecule has 0 spiro atoms. The van der Waals surface area contributed by atoms with Crippen molar-refractivity contribution >= 4 is 23.3 Å². The van der Waals surface area contributed by atoms with Gasteiger partial charge in [0.05, 0.1) is 4.92 Å². The molecule has 1 aromatic heterocycles. The topological polar surface area (TPSA) is 93.6 Å². The van der Waals surface area contributed by atoms with Crippen LogP contribution in [0.25, 0.3) is 0 Å². The van der Waals surface area contributed by atoms with Crippen LogP contribution in [0.5, 0.6) is 0 Å². The van der Waals surface area contributed by atoms with E-state index in [1.807, 2.05) is 0 Å². The summed E-state index contributed by atoms with van der Waals surface area (Å²) in [5.41, 5.74) is -0.479. The van der Waals surface area contributed by atoms with Crippen LogP contribution in [0.3, 0.4) is 0 Å². The Hall–Kier alpha value is -2.59. The zero-order valence-electron chi connectivity index (χ0n) is 16.6. The maximum absolute atomic E-state index is 12.1. The van der Waals surface area contributed by atoms with Gasteiger partial charge in [-0.25, -0.2) is 4.79 Å². The Kier molecular flexibility index (Phi) is 6.75. The number of thioether (sulfide) groups is 1. The Morgan fingerprint density at radius 3 is 2.31 bits per heavy atom. The molecule has 9 nitrogen and oxygen atoms in total. The summed E-state index contributed by atoms with van der Waals surface area (Å²) in [4.78, 5) is 39.9. The highest BCUT2D eigenvalue weighted by Gasteiger charge is 2.20. The quantitative estimate of drug-likeness (QED) is 0.289. The Labute approximate surface area is 172 Å². The van der Waals surface area contributed by atoms with E-state index in [0.29, 0.717) is 5.82 Å². The van der Waals surface area contributed by atoms with E-state index in [0.717, 1.165) is 54.4 Å². The van der Waals surface area contributed by atoms with Gasteiger partial charge in [0.25, 0.3) is 11.2 Å². The number of piperazine rings is 1. The van der Waals surface area contributed by atoms with Crippen LogP contribution < -0.4 is 16.1 Å². The minimum absolute atomic E-state index is 0.112. The van der Waals surface area contributed by atoms with Crippen LogP contribution in [-0.2, 0) is 14.1 Å². The van der Waals surface area contributed by atoms with Gasteiger partial charge in [-0.15, -0.1) is 11.8 Å². The lowest BCUT2D eigenvalue weighted by Crippen LogP contribution is -2.49. The summed E-state index contributed by atoms with van der Waals surface area (Å²) in [6.07, 6.45) is 1.02. The molecule has 2 aromatic rings. The first kappa shape index (κ1) is 21.1. The second-order valence-corrected chi connectivity index (χ2v) is 8.19. The molecule has 3 rings (SSSR count). The largest absolute Gasteiger partial charge is 0.355 e. The molecule has 1 fully saturated rings. The van der Waals surface area contributed by atoms with Crippen LogP contribution in [0.1, 0.15) is 6.42 Å². The summed E-state index contributed by atoms with van der Waals surface area (Å²) in [5, 5.41) is 10.7. The maximum Gasteiger partial charge on any atom is 0.332 e. The minimum atomic E-state index is -0.390. The van der Waals surface area contributed by atoms with Crippen molar-refractivity contribution in [3.63, 3.8) is 0 Å². The summed E-state index contributed by atoms with van der Waals surface area (Å²) >= 11 is 1.70. The third-order valence-corrected chi connectivity index (χ3v) is 6.23. The number of hydrogen-bond acceptors (Lipinski definition) is 7. The Balaban J connectivity index is 1.44. The van der Waals surface area contributed by atoms with Crippen LogP contribution in [0.15, 0.2) is 44.8 Å². The smallest absolute Gasteiger partial charge is 0.332 e. The molecule has 0 atom stereocenters. The van der Waals surface area contributed by atoms with Crippen molar-refractivity contribution in [2.45, 2.75) is 11.3 Å². The molecular formula is C19H25N5O4S.